The van der Waals surface area contributed by atoms with Gasteiger partial charge in [0.15, 0.2) is 0 Å². The van der Waals surface area contributed by atoms with Gasteiger partial charge < -0.3 is 4.79 Å². The molecular formula is C13H20O. The lowest BCUT2D eigenvalue weighted by atomic mass is 10.1. The number of carbonyl (C=O) groups excluding carboxylic acids is 1. The fourth-order valence-electron chi connectivity index (χ4n) is 1.16. The second kappa shape index (κ2) is 8.49. The van der Waals surface area contributed by atoms with Gasteiger partial charge >= 0.3 is 0 Å². The summed E-state index contributed by atoms with van der Waals surface area (Å²) in [5, 5.41) is 0. The SMILES string of the molecule is C\C=C/C=C\C(=C/C)CCCC(C)=O. The molecule has 0 amide bonds. The molecule has 78 valence electrons. The van der Waals surface area contributed by atoms with E-state index in [1.165, 1.54) is 5.57 Å². The van der Waals surface area contributed by atoms with Crippen molar-refractivity contribution in [3.63, 3.8) is 0 Å². The molecule has 1 heteroatoms. The van der Waals surface area contributed by atoms with Crippen LogP contribution in [0.2, 0.25) is 0 Å². The monoisotopic (exact) mass is 192 g/mol. The maximum absolute atomic E-state index is 10.7. The number of allylic oxidation sites excluding steroid dienone is 6. The van der Waals surface area contributed by atoms with Crippen LogP contribution in [0.4, 0.5) is 0 Å². The van der Waals surface area contributed by atoms with Gasteiger partial charge in [0, 0.05) is 6.42 Å². The first-order valence-corrected chi connectivity index (χ1v) is 5.14. The van der Waals surface area contributed by atoms with Gasteiger partial charge in [-0.1, -0.05) is 36.0 Å². The molecule has 0 rings (SSSR count). The van der Waals surface area contributed by atoms with Crippen molar-refractivity contribution in [2.45, 2.75) is 40.0 Å². The molecule has 0 spiro atoms. The summed E-state index contributed by atoms with van der Waals surface area (Å²) in [6, 6.07) is 0. The third kappa shape index (κ3) is 7.53. The Balaban J connectivity index is 3.87. The third-order valence-electron chi connectivity index (χ3n) is 1.98. The predicted octanol–water partition coefficient (Wildman–Crippen LogP) is 3.82. The lowest BCUT2D eigenvalue weighted by Crippen LogP contribution is -1.89. The van der Waals surface area contributed by atoms with Crippen LogP contribution in [0.1, 0.15) is 40.0 Å². The fourth-order valence-corrected chi connectivity index (χ4v) is 1.16. The molecule has 14 heavy (non-hydrogen) atoms. The molecule has 0 aromatic rings. The minimum absolute atomic E-state index is 0.276. The van der Waals surface area contributed by atoms with Gasteiger partial charge in [-0.15, -0.1) is 0 Å². The van der Waals surface area contributed by atoms with E-state index in [1.54, 1.807) is 6.92 Å². The Morgan fingerprint density at radius 3 is 2.36 bits per heavy atom. The van der Waals surface area contributed by atoms with Gasteiger partial charge in [-0.3, -0.25) is 0 Å². The zero-order valence-electron chi connectivity index (χ0n) is 9.42. The highest BCUT2D eigenvalue weighted by molar-refractivity contribution is 5.75. The van der Waals surface area contributed by atoms with Crippen LogP contribution in [-0.2, 0) is 4.79 Å². The number of Topliss-reactive ketones (excluding diaryl/α,β-unsaturated/α-hetero) is 1. The van der Waals surface area contributed by atoms with E-state index in [0.29, 0.717) is 6.42 Å². The molecule has 0 aromatic heterocycles. The van der Waals surface area contributed by atoms with Crippen molar-refractivity contribution < 1.29 is 4.79 Å². The lowest BCUT2D eigenvalue weighted by Gasteiger charge is -1.99. The fraction of sp³-hybridized carbons (Fsp3) is 0.462. The van der Waals surface area contributed by atoms with E-state index >= 15 is 0 Å². The van der Waals surface area contributed by atoms with Gasteiger partial charge in [-0.05, 0) is 33.6 Å². The van der Waals surface area contributed by atoms with Crippen molar-refractivity contribution in [1.82, 2.24) is 0 Å². The molecule has 1 nitrogen and oxygen atoms in total. The number of rotatable bonds is 6. The van der Waals surface area contributed by atoms with Crippen molar-refractivity contribution in [3.8, 4) is 0 Å². The van der Waals surface area contributed by atoms with Gasteiger partial charge in [0.25, 0.3) is 0 Å². The summed E-state index contributed by atoms with van der Waals surface area (Å²) in [6.45, 7) is 5.67. The quantitative estimate of drug-likeness (QED) is 0.585. The summed E-state index contributed by atoms with van der Waals surface area (Å²) >= 11 is 0. The second-order valence-corrected chi connectivity index (χ2v) is 3.30. The number of ketones is 1. The van der Waals surface area contributed by atoms with Gasteiger partial charge in [0.2, 0.25) is 0 Å². The normalized spacial score (nSPS) is 12.9. The lowest BCUT2D eigenvalue weighted by molar-refractivity contribution is -0.117. The van der Waals surface area contributed by atoms with Crippen LogP contribution < -0.4 is 0 Å². The molecule has 0 bridgehead atoms. The van der Waals surface area contributed by atoms with E-state index in [1.807, 2.05) is 32.1 Å². The van der Waals surface area contributed by atoms with Crippen LogP contribution in [0.25, 0.3) is 0 Å². The highest BCUT2D eigenvalue weighted by Gasteiger charge is 1.95. The zero-order chi connectivity index (χ0) is 10.8. The van der Waals surface area contributed by atoms with E-state index in [-0.39, 0.29) is 5.78 Å². The molecule has 0 aliphatic carbocycles. The molecule has 0 heterocycles. The first-order valence-electron chi connectivity index (χ1n) is 5.14. The van der Waals surface area contributed by atoms with Crippen LogP contribution in [0.5, 0.6) is 0 Å². The Hall–Kier alpha value is -1.11. The topological polar surface area (TPSA) is 17.1 Å². The largest absolute Gasteiger partial charge is 0.300 e. The second-order valence-electron chi connectivity index (χ2n) is 3.30. The molecular weight excluding hydrogens is 172 g/mol. The summed E-state index contributed by atoms with van der Waals surface area (Å²) in [6.07, 6.45) is 12.9. The van der Waals surface area contributed by atoms with Crippen molar-refractivity contribution in [2.75, 3.05) is 0 Å². The van der Waals surface area contributed by atoms with Crippen molar-refractivity contribution in [2.24, 2.45) is 0 Å². The molecule has 0 radical (unpaired) electrons. The highest BCUT2D eigenvalue weighted by Crippen LogP contribution is 2.09. The molecule has 0 aromatic carbocycles. The molecule has 0 atom stereocenters. The van der Waals surface area contributed by atoms with Gasteiger partial charge in [-0.25, -0.2) is 0 Å². The van der Waals surface area contributed by atoms with Crippen molar-refractivity contribution >= 4 is 5.78 Å². The standard InChI is InChI=1S/C13H20O/c1-4-6-7-10-13(5-2)11-8-9-12(3)14/h4-7,10H,8-9,11H2,1-3H3/b6-4-,10-7-,13-5+. The van der Waals surface area contributed by atoms with Crippen LogP contribution in [0.15, 0.2) is 36.0 Å². The van der Waals surface area contributed by atoms with E-state index in [0.717, 1.165) is 12.8 Å². The Morgan fingerprint density at radius 2 is 1.86 bits per heavy atom. The van der Waals surface area contributed by atoms with Crippen LogP contribution >= 0.6 is 0 Å². The summed E-state index contributed by atoms with van der Waals surface area (Å²) in [5.41, 5.74) is 1.30. The zero-order valence-corrected chi connectivity index (χ0v) is 9.42. The van der Waals surface area contributed by atoms with Gasteiger partial charge in [0.05, 0.1) is 0 Å². The summed E-state index contributed by atoms with van der Waals surface area (Å²) in [7, 11) is 0. The predicted molar refractivity (Wildman–Crippen MR) is 62.2 cm³/mol. The molecule has 0 saturated heterocycles. The van der Waals surface area contributed by atoms with E-state index < -0.39 is 0 Å². The van der Waals surface area contributed by atoms with E-state index in [4.69, 9.17) is 0 Å². The summed E-state index contributed by atoms with van der Waals surface area (Å²) < 4.78 is 0. The maximum Gasteiger partial charge on any atom is 0.129 e. The highest BCUT2D eigenvalue weighted by atomic mass is 16.1. The Bertz CT molecular complexity index is 244. The molecule has 0 unspecified atom stereocenters. The minimum atomic E-state index is 0.276. The number of hydrogen-bond donors (Lipinski definition) is 0. The van der Waals surface area contributed by atoms with Crippen LogP contribution in [0, 0.1) is 0 Å². The van der Waals surface area contributed by atoms with Crippen LogP contribution in [-0.4, -0.2) is 5.78 Å². The molecule has 0 N–H and O–H groups in total. The summed E-state index contributed by atoms with van der Waals surface area (Å²) in [5.74, 6) is 0.276. The Morgan fingerprint density at radius 1 is 1.14 bits per heavy atom. The number of carbonyl (C=O) groups is 1. The molecule has 0 aliphatic rings. The Labute approximate surface area is 87.2 Å². The minimum Gasteiger partial charge on any atom is -0.300 e. The van der Waals surface area contributed by atoms with Gasteiger partial charge in [0.1, 0.15) is 5.78 Å². The smallest absolute Gasteiger partial charge is 0.129 e. The third-order valence-corrected chi connectivity index (χ3v) is 1.98. The molecule has 0 aliphatic heterocycles. The molecule has 0 fully saturated rings. The van der Waals surface area contributed by atoms with E-state index in [2.05, 4.69) is 12.2 Å². The first-order chi connectivity index (χ1) is 6.70. The van der Waals surface area contributed by atoms with E-state index in [9.17, 15) is 4.79 Å². The molecule has 0 saturated carbocycles. The summed E-state index contributed by atoms with van der Waals surface area (Å²) in [4.78, 5) is 10.7. The number of hydrogen-bond acceptors (Lipinski definition) is 1. The average Bonchev–Trinajstić information content (AvgIpc) is 2.15. The van der Waals surface area contributed by atoms with Gasteiger partial charge in [-0.2, -0.15) is 0 Å². The maximum atomic E-state index is 10.7. The first kappa shape index (κ1) is 12.9. The average molecular weight is 192 g/mol. The van der Waals surface area contributed by atoms with Crippen molar-refractivity contribution in [3.05, 3.63) is 36.0 Å². The van der Waals surface area contributed by atoms with Crippen molar-refractivity contribution in [1.29, 1.82) is 0 Å². The Kier molecular flexibility index (Phi) is 7.81. The van der Waals surface area contributed by atoms with Crippen LogP contribution in [0.3, 0.4) is 0 Å².